The Bertz CT molecular complexity index is 1290. The SMILES string of the molecule is O=c1[nH]c2ccc(OCc3ccccc3)cc2c2nc(-c3ccco3)nn12. The summed E-state index contributed by atoms with van der Waals surface area (Å²) in [5.74, 6) is 1.54. The first-order valence-corrected chi connectivity index (χ1v) is 8.41. The molecule has 7 heteroatoms. The number of H-pyrrole nitrogens is 1. The maximum atomic E-state index is 12.3. The molecule has 0 fully saturated rings. The van der Waals surface area contributed by atoms with Gasteiger partial charge >= 0.3 is 5.69 Å². The topological polar surface area (TPSA) is 85.4 Å². The summed E-state index contributed by atoms with van der Waals surface area (Å²) in [6.07, 6.45) is 1.54. The molecule has 0 aliphatic carbocycles. The second kappa shape index (κ2) is 6.14. The Kier molecular flexibility index (Phi) is 3.50. The van der Waals surface area contributed by atoms with Crippen LogP contribution in [0.15, 0.2) is 76.1 Å². The van der Waals surface area contributed by atoms with Crippen molar-refractivity contribution in [2.24, 2.45) is 0 Å². The molecule has 0 aliphatic heterocycles. The van der Waals surface area contributed by atoms with E-state index < -0.39 is 0 Å². The van der Waals surface area contributed by atoms with E-state index in [2.05, 4.69) is 15.1 Å². The predicted molar refractivity (Wildman–Crippen MR) is 99.6 cm³/mol. The summed E-state index contributed by atoms with van der Waals surface area (Å²) in [4.78, 5) is 19.6. The van der Waals surface area contributed by atoms with E-state index in [9.17, 15) is 4.79 Å². The van der Waals surface area contributed by atoms with Gasteiger partial charge in [0.25, 0.3) is 0 Å². The largest absolute Gasteiger partial charge is 0.489 e. The highest BCUT2D eigenvalue weighted by atomic mass is 16.5. The molecule has 132 valence electrons. The lowest BCUT2D eigenvalue weighted by molar-refractivity contribution is 0.306. The molecule has 0 spiro atoms. The fourth-order valence-electron chi connectivity index (χ4n) is 2.95. The highest BCUT2D eigenvalue weighted by Gasteiger charge is 2.14. The van der Waals surface area contributed by atoms with E-state index in [0.29, 0.717) is 35.1 Å². The number of furan rings is 1. The van der Waals surface area contributed by atoms with E-state index in [1.165, 1.54) is 4.52 Å². The van der Waals surface area contributed by atoms with Gasteiger partial charge in [-0.05, 0) is 35.9 Å². The van der Waals surface area contributed by atoms with Gasteiger partial charge in [-0.1, -0.05) is 30.3 Å². The van der Waals surface area contributed by atoms with Crippen LogP contribution in [0.2, 0.25) is 0 Å². The van der Waals surface area contributed by atoms with Crippen LogP contribution in [-0.2, 0) is 6.61 Å². The minimum absolute atomic E-state index is 0.355. The van der Waals surface area contributed by atoms with Gasteiger partial charge in [0, 0.05) is 5.39 Å². The average Bonchev–Trinajstić information content (AvgIpc) is 3.37. The molecule has 0 atom stereocenters. The first kappa shape index (κ1) is 15.4. The number of hydrogen-bond acceptors (Lipinski definition) is 5. The van der Waals surface area contributed by atoms with Gasteiger partial charge in [0.1, 0.15) is 12.4 Å². The number of nitrogens with zero attached hydrogens (tertiary/aromatic N) is 3. The van der Waals surface area contributed by atoms with E-state index in [1.807, 2.05) is 42.5 Å². The quantitative estimate of drug-likeness (QED) is 0.532. The molecule has 27 heavy (non-hydrogen) atoms. The molecule has 0 saturated heterocycles. The second-order valence-corrected chi connectivity index (χ2v) is 6.06. The normalized spacial score (nSPS) is 11.3. The lowest BCUT2D eigenvalue weighted by atomic mass is 10.2. The Hall–Kier alpha value is -3.87. The number of fused-ring (bicyclic) bond motifs is 3. The third-order valence-electron chi connectivity index (χ3n) is 4.26. The molecule has 7 nitrogen and oxygen atoms in total. The van der Waals surface area contributed by atoms with Crippen LogP contribution in [0.4, 0.5) is 0 Å². The van der Waals surface area contributed by atoms with Crippen molar-refractivity contribution in [1.82, 2.24) is 19.6 Å². The number of ether oxygens (including phenoxy) is 1. The molecule has 0 bridgehead atoms. The molecule has 0 radical (unpaired) electrons. The van der Waals surface area contributed by atoms with Crippen molar-refractivity contribution in [1.29, 1.82) is 0 Å². The number of nitrogens with one attached hydrogen (secondary N) is 1. The highest BCUT2D eigenvalue weighted by Crippen LogP contribution is 2.24. The lowest BCUT2D eigenvalue weighted by Crippen LogP contribution is -2.17. The van der Waals surface area contributed by atoms with Crippen LogP contribution in [0.3, 0.4) is 0 Å². The Labute approximate surface area is 152 Å². The smallest absolute Gasteiger partial charge is 0.348 e. The van der Waals surface area contributed by atoms with Gasteiger partial charge in [-0.25, -0.2) is 9.78 Å². The van der Waals surface area contributed by atoms with Crippen molar-refractivity contribution in [3.8, 4) is 17.3 Å². The zero-order valence-corrected chi connectivity index (χ0v) is 14.1. The Morgan fingerprint density at radius 3 is 2.78 bits per heavy atom. The molecule has 0 aliphatic rings. The minimum Gasteiger partial charge on any atom is -0.489 e. The van der Waals surface area contributed by atoms with Gasteiger partial charge in [0.15, 0.2) is 11.4 Å². The molecule has 3 aromatic heterocycles. The minimum atomic E-state index is -0.360. The summed E-state index contributed by atoms with van der Waals surface area (Å²) in [5.41, 5.74) is 1.83. The number of aromatic nitrogens is 4. The van der Waals surface area contributed by atoms with E-state index in [0.717, 1.165) is 10.9 Å². The van der Waals surface area contributed by atoms with Crippen molar-refractivity contribution >= 4 is 16.6 Å². The molecular weight excluding hydrogens is 344 g/mol. The highest BCUT2D eigenvalue weighted by molar-refractivity contribution is 5.92. The molecule has 5 aromatic rings. The molecule has 3 heterocycles. The number of aromatic amines is 1. The monoisotopic (exact) mass is 358 g/mol. The predicted octanol–water partition coefficient (Wildman–Crippen LogP) is 3.41. The molecule has 0 unspecified atom stereocenters. The second-order valence-electron chi connectivity index (χ2n) is 6.06. The van der Waals surface area contributed by atoms with Crippen molar-refractivity contribution in [3.63, 3.8) is 0 Å². The summed E-state index contributed by atoms with van der Waals surface area (Å²) >= 11 is 0. The summed E-state index contributed by atoms with van der Waals surface area (Å²) in [6.45, 7) is 0.455. The molecule has 5 rings (SSSR count). The van der Waals surface area contributed by atoms with Gasteiger partial charge in [0.05, 0.1) is 11.8 Å². The Morgan fingerprint density at radius 1 is 1.07 bits per heavy atom. The third kappa shape index (κ3) is 2.75. The van der Waals surface area contributed by atoms with Crippen LogP contribution in [0.25, 0.3) is 28.1 Å². The van der Waals surface area contributed by atoms with Crippen molar-refractivity contribution in [2.75, 3.05) is 0 Å². The van der Waals surface area contributed by atoms with Crippen molar-refractivity contribution < 1.29 is 9.15 Å². The molecule has 0 saturated carbocycles. The van der Waals surface area contributed by atoms with Gasteiger partial charge in [-0.15, -0.1) is 5.10 Å². The zero-order valence-electron chi connectivity index (χ0n) is 14.1. The van der Waals surface area contributed by atoms with Gasteiger partial charge in [-0.2, -0.15) is 4.52 Å². The standard InChI is InChI=1S/C20H14N4O3/c25-20-21-16-9-8-14(27-12-13-5-2-1-3-6-13)11-15(16)19-22-18(23-24(19)20)17-7-4-10-26-17/h1-11H,12H2,(H,21,25). The fraction of sp³-hybridized carbons (Fsp3) is 0.0500. The van der Waals surface area contributed by atoms with Crippen LogP contribution < -0.4 is 10.4 Å². The first-order chi connectivity index (χ1) is 13.3. The molecule has 0 amide bonds. The van der Waals surface area contributed by atoms with E-state index in [4.69, 9.17) is 9.15 Å². The Balaban J connectivity index is 1.59. The summed E-state index contributed by atoms with van der Waals surface area (Å²) in [5, 5.41) is 5.00. The van der Waals surface area contributed by atoms with Crippen molar-refractivity contribution in [2.45, 2.75) is 6.61 Å². The lowest BCUT2D eigenvalue weighted by Gasteiger charge is -2.07. The average molecular weight is 358 g/mol. The van der Waals surface area contributed by atoms with Crippen LogP contribution >= 0.6 is 0 Å². The van der Waals surface area contributed by atoms with Crippen LogP contribution in [0.5, 0.6) is 5.75 Å². The zero-order chi connectivity index (χ0) is 18.2. The van der Waals surface area contributed by atoms with Crippen LogP contribution in [-0.4, -0.2) is 19.6 Å². The maximum Gasteiger partial charge on any atom is 0.348 e. The van der Waals surface area contributed by atoms with E-state index in [1.54, 1.807) is 24.5 Å². The first-order valence-electron chi connectivity index (χ1n) is 8.41. The van der Waals surface area contributed by atoms with Gasteiger partial charge < -0.3 is 14.1 Å². The van der Waals surface area contributed by atoms with Gasteiger partial charge in [-0.3, -0.25) is 0 Å². The number of hydrogen-bond donors (Lipinski definition) is 1. The van der Waals surface area contributed by atoms with Crippen LogP contribution in [0.1, 0.15) is 5.56 Å². The number of rotatable bonds is 4. The maximum absolute atomic E-state index is 12.3. The fourth-order valence-corrected chi connectivity index (χ4v) is 2.95. The van der Waals surface area contributed by atoms with Crippen molar-refractivity contribution in [3.05, 3.63) is 83.0 Å². The van der Waals surface area contributed by atoms with E-state index in [-0.39, 0.29) is 5.69 Å². The third-order valence-corrected chi connectivity index (χ3v) is 4.26. The molecule has 2 aromatic carbocycles. The van der Waals surface area contributed by atoms with E-state index >= 15 is 0 Å². The van der Waals surface area contributed by atoms with Crippen LogP contribution in [0, 0.1) is 0 Å². The summed E-state index contributed by atoms with van der Waals surface area (Å²) < 4.78 is 12.5. The summed E-state index contributed by atoms with van der Waals surface area (Å²) in [6, 6.07) is 18.9. The molecule has 1 N–H and O–H groups in total. The Morgan fingerprint density at radius 2 is 1.96 bits per heavy atom. The molecular formula is C20H14N4O3. The van der Waals surface area contributed by atoms with Gasteiger partial charge in [0.2, 0.25) is 5.82 Å². The summed E-state index contributed by atoms with van der Waals surface area (Å²) in [7, 11) is 0. The number of benzene rings is 2.